The zero-order chi connectivity index (χ0) is 12.8. The van der Waals surface area contributed by atoms with Crippen LogP contribution in [0.15, 0.2) is 36.4 Å². The number of halogens is 1. The molecule has 0 fully saturated rings. The van der Waals surface area contributed by atoms with Crippen LogP contribution in [-0.4, -0.2) is 0 Å². The normalized spacial score (nSPS) is 10.3. The van der Waals surface area contributed by atoms with Gasteiger partial charge in [0.15, 0.2) is 0 Å². The van der Waals surface area contributed by atoms with Gasteiger partial charge in [-0.05, 0) is 41.5 Å². The Hall–Kier alpha value is -1.89. The van der Waals surface area contributed by atoms with Gasteiger partial charge in [0.1, 0.15) is 5.82 Å². The zero-order valence-corrected chi connectivity index (χ0v) is 10.3. The Morgan fingerprint density at radius 1 is 1.18 bits per heavy atom. The van der Waals surface area contributed by atoms with Crippen LogP contribution in [0.5, 0.6) is 0 Å². The first-order chi connectivity index (χ1) is 8.06. The van der Waals surface area contributed by atoms with Crippen molar-refractivity contribution in [1.29, 1.82) is 0 Å². The minimum atomic E-state index is -0.274. The molecule has 0 atom stereocenters. The number of rotatable bonds is 1. The van der Waals surface area contributed by atoms with Crippen LogP contribution in [0.1, 0.15) is 18.1 Å². The molecule has 1 heteroatoms. The zero-order valence-electron chi connectivity index (χ0n) is 10.3. The van der Waals surface area contributed by atoms with E-state index in [2.05, 4.69) is 13.2 Å². The molecule has 0 aliphatic heterocycles. The molecular formula is C16H17F. The second-order valence-corrected chi connectivity index (χ2v) is 3.85. The van der Waals surface area contributed by atoms with Gasteiger partial charge in [-0.1, -0.05) is 49.6 Å². The summed E-state index contributed by atoms with van der Waals surface area (Å²) in [6.07, 6.45) is 3.74. The molecule has 0 heterocycles. The Bertz CT molecular complexity index is 581. The summed E-state index contributed by atoms with van der Waals surface area (Å²) in [4.78, 5) is 0. The van der Waals surface area contributed by atoms with Gasteiger partial charge in [0.2, 0.25) is 0 Å². The van der Waals surface area contributed by atoms with E-state index in [-0.39, 0.29) is 5.82 Å². The van der Waals surface area contributed by atoms with Crippen LogP contribution in [0.25, 0.3) is 19.2 Å². The molecular weight excluding hydrogens is 211 g/mol. The molecule has 0 aliphatic rings. The molecule has 0 amide bonds. The molecule has 1 rings (SSSR count). The average Bonchev–Trinajstić information content (AvgIpc) is 2.29. The van der Waals surface area contributed by atoms with E-state index in [1.165, 1.54) is 6.07 Å². The van der Waals surface area contributed by atoms with Gasteiger partial charge < -0.3 is 0 Å². The molecule has 0 unspecified atom stereocenters. The highest BCUT2D eigenvalue weighted by atomic mass is 19.1. The van der Waals surface area contributed by atoms with Crippen LogP contribution in [0.3, 0.4) is 0 Å². The van der Waals surface area contributed by atoms with Crippen molar-refractivity contribution in [3.05, 3.63) is 63.8 Å². The first-order valence-electron chi connectivity index (χ1n) is 5.50. The maximum atomic E-state index is 13.9. The van der Waals surface area contributed by atoms with Crippen LogP contribution in [0.4, 0.5) is 4.39 Å². The van der Waals surface area contributed by atoms with E-state index < -0.39 is 0 Å². The van der Waals surface area contributed by atoms with Crippen LogP contribution in [0.2, 0.25) is 0 Å². The van der Waals surface area contributed by atoms with Crippen LogP contribution < -0.4 is 10.4 Å². The summed E-state index contributed by atoms with van der Waals surface area (Å²) in [6.45, 7) is 11.4. The molecule has 0 spiro atoms. The molecule has 17 heavy (non-hydrogen) atoms. The fourth-order valence-corrected chi connectivity index (χ4v) is 1.53. The van der Waals surface area contributed by atoms with Crippen molar-refractivity contribution in [2.45, 2.75) is 13.8 Å². The topological polar surface area (TPSA) is 0 Å². The summed E-state index contributed by atoms with van der Waals surface area (Å²) in [5.74, 6) is -0.274. The van der Waals surface area contributed by atoms with Gasteiger partial charge in [-0.3, -0.25) is 0 Å². The van der Waals surface area contributed by atoms with E-state index in [1.54, 1.807) is 13.0 Å². The van der Waals surface area contributed by atoms with Crippen molar-refractivity contribution >= 4 is 19.2 Å². The Labute approximate surface area is 102 Å². The van der Waals surface area contributed by atoms with Gasteiger partial charge in [-0.25, -0.2) is 4.39 Å². The fourth-order valence-electron chi connectivity index (χ4n) is 1.53. The van der Waals surface area contributed by atoms with E-state index in [0.717, 1.165) is 10.8 Å². The highest BCUT2D eigenvalue weighted by Gasteiger charge is 1.98. The maximum Gasteiger partial charge on any atom is 0.127 e. The van der Waals surface area contributed by atoms with Gasteiger partial charge in [-0.15, -0.1) is 0 Å². The van der Waals surface area contributed by atoms with E-state index in [1.807, 2.05) is 37.3 Å². The highest BCUT2D eigenvalue weighted by molar-refractivity contribution is 5.53. The SMILES string of the molecule is C=c1ccccc(=C)c(/C=C\C)c(C)c(F)c1. The van der Waals surface area contributed by atoms with Crippen LogP contribution in [0, 0.1) is 12.7 Å². The van der Waals surface area contributed by atoms with Crippen molar-refractivity contribution in [2.75, 3.05) is 0 Å². The summed E-state index contributed by atoms with van der Waals surface area (Å²) in [5, 5.41) is 1.43. The summed E-state index contributed by atoms with van der Waals surface area (Å²) in [6, 6.07) is 8.76. The molecule has 1 aromatic carbocycles. The number of hydrogen-bond acceptors (Lipinski definition) is 0. The first-order valence-corrected chi connectivity index (χ1v) is 5.50. The van der Waals surface area contributed by atoms with Crippen molar-refractivity contribution in [1.82, 2.24) is 0 Å². The van der Waals surface area contributed by atoms with Crippen LogP contribution in [-0.2, 0) is 0 Å². The number of hydrogen-bond donors (Lipinski definition) is 0. The van der Waals surface area contributed by atoms with E-state index in [0.29, 0.717) is 10.8 Å². The minimum absolute atomic E-state index is 0.274. The highest BCUT2D eigenvalue weighted by Crippen LogP contribution is 2.06. The lowest BCUT2D eigenvalue weighted by Gasteiger charge is -1.99. The molecule has 1 aromatic rings. The number of allylic oxidation sites excluding steroid dienone is 1. The third kappa shape index (κ3) is 3.56. The largest absolute Gasteiger partial charge is 0.207 e. The molecule has 0 saturated carbocycles. The van der Waals surface area contributed by atoms with Gasteiger partial charge in [0.05, 0.1) is 0 Å². The minimum Gasteiger partial charge on any atom is -0.207 e. The van der Waals surface area contributed by atoms with Crippen LogP contribution >= 0.6 is 0 Å². The average molecular weight is 228 g/mol. The third-order valence-corrected chi connectivity index (χ3v) is 2.47. The van der Waals surface area contributed by atoms with E-state index in [4.69, 9.17) is 0 Å². The smallest absolute Gasteiger partial charge is 0.127 e. The van der Waals surface area contributed by atoms with Crippen molar-refractivity contribution < 1.29 is 4.39 Å². The fraction of sp³-hybridized carbons (Fsp3) is 0.125. The first kappa shape index (κ1) is 13.2. The Morgan fingerprint density at radius 3 is 2.47 bits per heavy atom. The lowest BCUT2D eigenvalue weighted by Crippen LogP contribution is -2.04. The summed E-state index contributed by atoms with van der Waals surface area (Å²) in [5.41, 5.74) is 1.38. The van der Waals surface area contributed by atoms with Crippen molar-refractivity contribution in [3.63, 3.8) is 0 Å². The predicted octanol–water partition coefficient (Wildman–Crippen LogP) is 3.11. The standard InChI is InChI=1S/C16H17F/c1-5-8-15-13(3)10-7-6-9-12(2)11-16(17)14(15)4/h5-11H,2-3H2,1,4H3/b8-5-,9-6?,10-7?,15-14?,16-11?. The van der Waals surface area contributed by atoms with Gasteiger partial charge >= 0.3 is 0 Å². The maximum absolute atomic E-state index is 13.9. The predicted molar refractivity (Wildman–Crippen MR) is 73.8 cm³/mol. The Morgan fingerprint density at radius 2 is 1.82 bits per heavy atom. The summed E-state index contributed by atoms with van der Waals surface area (Å²) >= 11 is 0. The third-order valence-electron chi connectivity index (χ3n) is 2.47. The lowest BCUT2D eigenvalue weighted by molar-refractivity contribution is 0.618. The molecule has 88 valence electrons. The molecule has 0 aliphatic carbocycles. The molecule has 0 aromatic heterocycles. The second kappa shape index (κ2) is 6.00. The molecule has 0 radical (unpaired) electrons. The van der Waals surface area contributed by atoms with Gasteiger partial charge in [0, 0.05) is 0 Å². The van der Waals surface area contributed by atoms with Gasteiger partial charge in [-0.2, -0.15) is 0 Å². The molecule has 0 saturated heterocycles. The van der Waals surface area contributed by atoms with Gasteiger partial charge in [0.25, 0.3) is 0 Å². The monoisotopic (exact) mass is 228 g/mol. The van der Waals surface area contributed by atoms with Crippen molar-refractivity contribution in [3.8, 4) is 0 Å². The molecule has 0 nitrogen and oxygen atoms in total. The molecule has 0 bridgehead atoms. The van der Waals surface area contributed by atoms with E-state index in [9.17, 15) is 4.39 Å². The van der Waals surface area contributed by atoms with Crippen molar-refractivity contribution in [2.24, 2.45) is 0 Å². The summed E-state index contributed by atoms with van der Waals surface area (Å²) < 4.78 is 13.9. The summed E-state index contributed by atoms with van der Waals surface area (Å²) in [7, 11) is 0. The quantitative estimate of drug-likeness (QED) is 0.693. The van der Waals surface area contributed by atoms with E-state index >= 15 is 0 Å². The second-order valence-electron chi connectivity index (χ2n) is 3.85. The Kier molecular flexibility index (Phi) is 4.65. The molecule has 0 N–H and O–H groups in total. The lowest BCUT2D eigenvalue weighted by atomic mass is 10.1. The Balaban J connectivity index is 3.83.